The van der Waals surface area contributed by atoms with Crippen molar-refractivity contribution in [3.63, 3.8) is 0 Å². The summed E-state index contributed by atoms with van der Waals surface area (Å²) in [6.45, 7) is 8.45. The van der Waals surface area contributed by atoms with Crippen molar-refractivity contribution in [2.24, 2.45) is 5.92 Å². The molecule has 0 spiro atoms. The molecule has 0 aromatic heterocycles. The Balaban J connectivity index is 1.49. The third kappa shape index (κ3) is 5.72. The van der Waals surface area contributed by atoms with Crippen molar-refractivity contribution in [2.75, 3.05) is 0 Å². The molecule has 5 nitrogen and oxygen atoms in total. The molecule has 3 aromatic rings. The Morgan fingerprint density at radius 1 is 0.757 bits per heavy atom. The lowest BCUT2D eigenvalue weighted by Gasteiger charge is -2.35. The summed E-state index contributed by atoms with van der Waals surface area (Å²) in [5.74, 6) is 0.786. The Hall–Kier alpha value is -3.99. The molecule has 0 heterocycles. The molecular formula is C32H34O5. The maximum atomic E-state index is 11.4. The zero-order valence-electron chi connectivity index (χ0n) is 21.7. The molecule has 0 saturated heterocycles. The largest absolute Gasteiger partial charge is 0.512 e. The molecule has 3 N–H and O–H groups in total. The van der Waals surface area contributed by atoms with E-state index in [1.54, 1.807) is 18.2 Å². The highest BCUT2D eigenvalue weighted by molar-refractivity contribution is 5.68. The van der Waals surface area contributed by atoms with Gasteiger partial charge in [0.05, 0.1) is 12.2 Å². The first-order valence-electron chi connectivity index (χ1n) is 12.5. The SMILES string of the molecule is CC(C)(C1=CC=C(O)CC1CC(=O)O)c1ccc(Oc2ccc(C(C)(C)c3ccc(O)cc3)cc2)cc1. The van der Waals surface area contributed by atoms with Crippen molar-refractivity contribution in [3.8, 4) is 17.2 Å². The number of hydrogen-bond acceptors (Lipinski definition) is 4. The number of ether oxygens (including phenoxy) is 1. The van der Waals surface area contributed by atoms with Gasteiger partial charge in [0.1, 0.15) is 17.2 Å². The van der Waals surface area contributed by atoms with E-state index in [-0.39, 0.29) is 29.3 Å². The van der Waals surface area contributed by atoms with Crippen LogP contribution in [0.2, 0.25) is 0 Å². The Kier molecular flexibility index (Phi) is 7.17. The lowest BCUT2D eigenvalue weighted by atomic mass is 9.69. The number of rotatable bonds is 8. The second kappa shape index (κ2) is 10.2. The molecule has 1 aliphatic rings. The van der Waals surface area contributed by atoms with Crippen LogP contribution in [0.4, 0.5) is 0 Å². The number of carbonyl (C=O) groups is 1. The van der Waals surface area contributed by atoms with Crippen LogP contribution >= 0.6 is 0 Å². The summed E-state index contributed by atoms with van der Waals surface area (Å²) < 4.78 is 6.10. The molecule has 1 aliphatic carbocycles. The Morgan fingerprint density at radius 3 is 1.70 bits per heavy atom. The van der Waals surface area contributed by atoms with Crippen LogP contribution in [-0.4, -0.2) is 21.3 Å². The van der Waals surface area contributed by atoms with E-state index in [1.807, 2.05) is 54.6 Å². The van der Waals surface area contributed by atoms with Gasteiger partial charge in [0, 0.05) is 17.3 Å². The molecule has 0 amide bonds. The zero-order valence-corrected chi connectivity index (χ0v) is 21.7. The number of hydrogen-bond donors (Lipinski definition) is 3. The molecule has 4 rings (SSSR count). The molecule has 0 fully saturated rings. The number of carboxylic acid groups (broad SMARTS) is 1. The summed E-state index contributed by atoms with van der Waals surface area (Å²) in [4.78, 5) is 11.4. The van der Waals surface area contributed by atoms with Crippen LogP contribution < -0.4 is 4.74 Å². The molecule has 1 atom stereocenters. The average Bonchev–Trinajstić information content (AvgIpc) is 2.84. The van der Waals surface area contributed by atoms with E-state index in [1.165, 1.54) is 0 Å². The van der Waals surface area contributed by atoms with Crippen molar-refractivity contribution in [1.82, 2.24) is 0 Å². The van der Waals surface area contributed by atoms with Gasteiger partial charge in [-0.2, -0.15) is 0 Å². The van der Waals surface area contributed by atoms with Gasteiger partial charge in [0.25, 0.3) is 0 Å². The van der Waals surface area contributed by atoms with E-state index in [2.05, 4.69) is 39.8 Å². The number of aromatic hydroxyl groups is 1. The molecule has 192 valence electrons. The quantitative estimate of drug-likeness (QED) is 0.297. The van der Waals surface area contributed by atoms with Gasteiger partial charge in [-0.25, -0.2) is 0 Å². The fourth-order valence-electron chi connectivity index (χ4n) is 5.09. The van der Waals surface area contributed by atoms with E-state index in [4.69, 9.17) is 4.74 Å². The predicted octanol–water partition coefficient (Wildman–Crippen LogP) is 7.65. The standard InChI is InChI=1S/C32H34O5/c1-31(2,22-5-11-25(33)12-6-22)23-7-14-27(15-8-23)37-28-16-9-24(10-17-28)32(3,4)29-18-13-26(34)19-21(29)20-30(35)36/h5-18,21,33-34H,19-20H2,1-4H3,(H,35,36). The highest BCUT2D eigenvalue weighted by Gasteiger charge is 2.34. The van der Waals surface area contributed by atoms with E-state index in [9.17, 15) is 20.1 Å². The van der Waals surface area contributed by atoms with Crippen LogP contribution in [0.5, 0.6) is 17.2 Å². The van der Waals surface area contributed by atoms with Gasteiger partial charge in [-0.15, -0.1) is 0 Å². The fraction of sp³-hybridized carbons (Fsp3) is 0.281. The minimum absolute atomic E-state index is 0.0199. The number of phenolic OH excluding ortho intramolecular Hbond substituents is 1. The summed E-state index contributed by atoms with van der Waals surface area (Å²) in [6, 6.07) is 23.2. The lowest BCUT2D eigenvalue weighted by Crippen LogP contribution is -2.28. The van der Waals surface area contributed by atoms with Gasteiger partial charge in [0.2, 0.25) is 0 Å². The third-order valence-electron chi connectivity index (χ3n) is 7.47. The molecule has 0 aliphatic heterocycles. The van der Waals surface area contributed by atoms with Crippen molar-refractivity contribution < 1.29 is 24.9 Å². The van der Waals surface area contributed by atoms with Crippen molar-refractivity contribution in [1.29, 1.82) is 0 Å². The number of carboxylic acids is 1. The summed E-state index contributed by atoms with van der Waals surface area (Å²) in [7, 11) is 0. The maximum absolute atomic E-state index is 11.4. The van der Waals surface area contributed by atoms with Crippen molar-refractivity contribution in [3.05, 3.63) is 113 Å². The van der Waals surface area contributed by atoms with Crippen LogP contribution in [0.25, 0.3) is 0 Å². The fourth-order valence-corrected chi connectivity index (χ4v) is 5.09. The summed E-state index contributed by atoms with van der Waals surface area (Å²) in [5, 5.41) is 28.9. The van der Waals surface area contributed by atoms with E-state index in [0.29, 0.717) is 12.2 Å². The second-order valence-corrected chi connectivity index (χ2v) is 10.7. The molecule has 0 radical (unpaired) electrons. The molecule has 1 unspecified atom stereocenters. The number of aliphatic hydroxyl groups is 1. The summed E-state index contributed by atoms with van der Waals surface area (Å²) in [5.41, 5.74) is 3.66. The normalized spacial score (nSPS) is 16.1. The summed E-state index contributed by atoms with van der Waals surface area (Å²) in [6.07, 6.45) is 3.84. The van der Waals surface area contributed by atoms with Crippen LogP contribution in [0.1, 0.15) is 57.2 Å². The first-order chi connectivity index (χ1) is 17.5. The Morgan fingerprint density at radius 2 is 1.22 bits per heavy atom. The zero-order chi connectivity index (χ0) is 26.8. The Bertz CT molecular complexity index is 1310. The van der Waals surface area contributed by atoms with Crippen molar-refractivity contribution >= 4 is 5.97 Å². The molecule has 0 saturated carbocycles. The van der Waals surface area contributed by atoms with Crippen LogP contribution in [0.3, 0.4) is 0 Å². The predicted molar refractivity (Wildman–Crippen MR) is 145 cm³/mol. The minimum atomic E-state index is -0.873. The molecule has 37 heavy (non-hydrogen) atoms. The smallest absolute Gasteiger partial charge is 0.303 e. The van der Waals surface area contributed by atoms with E-state index < -0.39 is 11.4 Å². The number of benzene rings is 3. The highest BCUT2D eigenvalue weighted by atomic mass is 16.5. The Labute approximate surface area is 218 Å². The van der Waals surface area contributed by atoms with Crippen LogP contribution in [0.15, 0.2) is 96.3 Å². The van der Waals surface area contributed by atoms with Gasteiger partial charge in [-0.1, -0.05) is 75.7 Å². The molecule has 5 heteroatoms. The van der Waals surface area contributed by atoms with Gasteiger partial charge < -0.3 is 20.1 Å². The molecule has 3 aromatic carbocycles. The van der Waals surface area contributed by atoms with E-state index in [0.717, 1.165) is 28.0 Å². The first-order valence-corrected chi connectivity index (χ1v) is 12.5. The van der Waals surface area contributed by atoms with E-state index >= 15 is 0 Å². The van der Waals surface area contributed by atoms with Gasteiger partial charge >= 0.3 is 5.97 Å². The molecular weight excluding hydrogens is 464 g/mol. The van der Waals surface area contributed by atoms with Crippen molar-refractivity contribution in [2.45, 2.75) is 51.4 Å². The van der Waals surface area contributed by atoms with Gasteiger partial charge in [0.15, 0.2) is 0 Å². The van der Waals surface area contributed by atoms with Gasteiger partial charge in [-0.05, 0) is 65.1 Å². The molecule has 0 bridgehead atoms. The summed E-state index contributed by atoms with van der Waals surface area (Å²) >= 11 is 0. The minimum Gasteiger partial charge on any atom is -0.512 e. The van der Waals surface area contributed by atoms with Crippen LogP contribution in [-0.2, 0) is 15.6 Å². The highest BCUT2D eigenvalue weighted by Crippen LogP contribution is 2.42. The third-order valence-corrected chi connectivity index (χ3v) is 7.47. The average molecular weight is 499 g/mol. The van der Waals surface area contributed by atoms with Crippen LogP contribution in [0, 0.1) is 5.92 Å². The first kappa shape index (κ1) is 26.1. The number of aliphatic carboxylic acids is 1. The monoisotopic (exact) mass is 498 g/mol. The number of allylic oxidation sites excluding steroid dienone is 4. The van der Waals surface area contributed by atoms with Gasteiger partial charge in [-0.3, -0.25) is 4.79 Å². The number of phenols is 1. The second-order valence-electron chi connectivity index (χ2n) is 10.7. The topological polar surface area (TPSA) is 87.0 Å². The lowest BCUT2D eigenvalue weighted by molar-refractivity contribution is -0.137. The maximum Gasteiger partial charge on any atom is 0.303 e. The number of aliphatic hydroxyl groups excluding tert-OH is 1.